The van der Waals surface area contributed by atoms with Crippen molar-refractivity contribution in [2.24, 2.45) is 0 Å². The van der Waals surface area contributed by atoms with Gasteiger partial charge in [-0.05, 0) is 6.08 Å². The lowest BCUT2D eigenvalue weighted by atomic mass is 10.2. The lowest BCUT2D eigenvalue weighted by molar-refractivity contribution is -0.337. The SMILES string of the molecule is CO[C@H]1C=C[C@@H]2C=C[C@H]1OO2. The van der Waals surface area contributed by atoms with Crippen molar-refractivity contribution < 1.29 is 14.5 Å². The molecule has 60 valence electrons. The van der Waals surface area contributed by atoms with E-state index in [9.17, 15) is 0 Å². The summed E-state index contributed by atoms with van der Waals surface area (Å²) in [4.78, 5) is 10.0. The molecule has 0 saturated carbocycles. The Kier molecular flexibility index (Phi) is 1.77. The average Bonchev–Trinajstić information content (AvgIpc) is 2.36. The van der Waals surface area contributed by atoms with E-state index < -0.39 is 0 Å². The van der Waals surface area contributed by atoms with Crippen LogP contribution < -0.4 is 0 Å². The first-order valence-electron chi connectivity index (χ1n) is 3.62. The quantitative estimate of drug-likeness (QED) is 0.413. The highest BCUT2D eigenvalue weighted by Gasteiger charge is 2.26. The maximum atomic E-state index is 5.16. The fourth-order valence-electron chi connectivity index (χ4n) is 1.21. The Hall–Kier alpha value is -0.640. The van der Waals surface area contributed by atoms with Crippen LogP contribution >= 0.6 is 0 Å². The fraction of sp³-hybridized carbons (Fsp3) is 0.500. The van der Waals surface area contributed by atoms with Crippen LogP contribution in [-0.2, 0) is 14.5 Å². The Balaban J connectivity index is 2.21. The second-order valence-electron chi connectivity index (χ2n) is 2.59. The zero-order valence-electron chi connectivity index (χ0n) is 6.27. The molecule has 3 aliphatic rings. The van der Waals surface area contributed by atoms with Gasteiger partial charge in [0, 0.05) is 7.11 Å². The van der Waals surface area contributed by atoms with Gasteiger partial charge in [0.25, 0.3) is 0 Å². The summed E-state index contributed by atoms with van der Waals surface area (Å²) >= 11 is 0. The van der Waals surface area contributed by atoms with Gasteiger partial charge in [-0.15, -0.1) is 0 Å². The van der Waals surface area contributed by atoms with Crippen LogP contribution in [0.4, 0.5) is 0 Å². The van der Waals surface area contributed by atoms with Crippen molar-refractivity contribution in [2.75, 3.05) is 7.11 Å². The molecule has 0 aromatic carbocycles. The number of hydrogen-bond acceptors (Lipinski definition) is 3. The summed E-state index contributed by atoms with van der Waals surface area (Å²) in [6.07, 6.45) is 7.67. The summed E-state index contributed by atoms with van der Waals surface area (Å²) in [6, 6.07) is 0. The highest BCUT2D eigenvalue weighted by molar-refractivity contribution is 5.15. The van der Waals surface area contributed by atoms with E-state index in [0.717, 1.165) is 0 Å². The van der Waals surface area contributed by atoms with Gasteiger partial charge in [0.1, 0.15) is 18.3 Å². The number of fused-ring (bicyclic) bond motifs is 2. The van der Waals surface area contributed by atoms with Gasteiger partial charge in [-0.1, -0.05) is 18.2 Å². The molecule has 2 heterocycles. The fourth-order valence-corrected chi connectivity index (χ4v) is 1.21. The van der Waals surface area contributed by atoms with E-state index in [1.165, 1.54) is 0 Å². The zero-order valence-corrected chi connectivity index (χ0v) is 6.27. The first-order valence-corrected chi connectivity index (χ1v) is 3.62. The van der Waals surface area contributed by atoms with Crippen LogP contribution in [-0.4, -0.2) is 25.4 Å². The summed E-state index contributed by atoms with van der Waals surface area (Å²) in [5.74, 6) is 0. The molecule has 3 rings (SSSR count). The van der Waals surface area contributed by atoms with Crippen LogP contribution in [0, 0.1) is 0 Å². The maximum absolute atomic E-state index is 5.16. The monoisotopic (exact) mass is 154 g/mol. The second-order valence-corrected chi connectivity index (χ2v) is 2.59. The third kappa shape index (κ3) is 1.22. The van der Waals surface area contributed by atoms with Crippen LogP contribution in [0.2, 0.25) is 0 Å². The second kappa shape index (κ2) is 2.77. The van der Waals surface area contributed by atoms with Crippen LogP contribution in [0.25, 0.3) is 0 Å². The molecule has 11 heavy (non-hydrogen) atoms. The predicted molar refractivity (Wildman–Crippen MR) is 38.8 cm³/mol. The summed E-state index contributed by atoms with van der Waals surface area (Å²) in [6.45, 7) is 0. The number of rotatable bonds is 1. The first-order chi connectivity index (χ1) is 5.40. The Labute approximate surface area is 65.2 Å². The maximum Gasteiger partial charge on any atom is 0.141 e. The molecule has 2 aliphatic heterocycles. The molecule has 0 spiro atoms. The van der Waals surface area contributed by atoms with Crippen molar-refractivity contribution >= 4 is 0 Å². The standard InChI is InChI=1S/C8H10O3/c1-9-7-4-2-6-3-5-8(7)11-10-6/h2-8H,1H3/t6-,7+,8-/m1/s1. The molecule has 0 radical (unpaired) electrons. The lowest BCUT2D eigenvalue weighted by Gasteiger charge is -2.20. The van der Waals surface area contributed by atoms with E-state index in [-0.39, 0.29) is 18.3 Å². The molecule has 0 aromatic rings. The molecular formula is C8H10O3. The Morgan fingerprint density at radius 1 is 1.09 bits per heavy atom. The Bertz CT molecular complexity index is 198. The van der Waals surface area contributed by atoms with Gasteiger partial charge in [0.05, 0.1) is 0 Å². The highest BCUT2D eigenvalue weighted by atomic mass is 17.2. The third-order valence-corrected chi connectivity index (χ3v) is 1.85. The van der Waals surface area contributed by atoms with E-state index in [4.69, 9.17) is 14.5 Å². The smallest absolute Gasteiger partial charge is 0.141 e. The summed E-state index contributed by atoms with van der Waals surface area (Å²) in [7, 11) is 1.66. The minimum absolute atomic E-state index is 0.0150. The van der Waals surface area contributed by atoms with Crippen LogP contribution in [0.1, 0.15) is 0 Å². The minimum atomic E-state index is -0.0880. The zero-order chi connectivity index (χ0) is 7.68. The molecular weight excluding hydrogens is 144 g/mol. The summed E-state index contributed by atoms with van der Waals surface area (Å²) in [5.41, 5.74) is 0. The molecule has 3 heteroatoms. The van der Waals surface area contributed by atoms with Gasteiger partial charge < -0.3 is 4.74 Å². The number of ether oxygens (including phenoxy) is 1. The van der Waals surface area contributed by atoms with Gasteiger partial charge >= 0.3 is 0 Å². The molecule has 0 fully saturated rings. The third-order valence-electron chi connectivity index (χ3n) is 1.85. The van der Waals surface area contributed by atoms with Crippen LogP contribution in [0.5, 0.6) is 0 Å². The van der Waals surface area contributed by atoms with Gasteiger partial charge in [0.15, 0.2) is 0 Å². The van der Waals surface area contributed by atoms with Gasteiger partial charge in [-0.3, -0.25) is 0 Å². The minimum Gasteiger partial charge on any atom is -0.374 e. The first kappa shape index (κ1) is 7.03. The molecule has 0 amide bonds. The van der Waals surface area contributed by atoms with Crippen molar-refractivity contribution in [1.82, 2.24) is 0 Å². The van der Waals surface area contributed by atoms with Crippen molar-refractivity contribution in [2.45, 2.75) is 18.3 Å². The van der Waals surface area contributed by atoms with Crippen molar-refractivity contribution in [3.8, 4) is 0 Å². The largest absolute Gasteiger partial charge is 0.374 e. The van der Waals surface area contributed by atoms with E-state index >= 15 is 0 Å². The molecule has 0 aromatic heterocycles. The van der Waals surface area contributed by atoms with Gasteiger partial charge in [-0.25, -0.2) is 9.78 Å². The summed E-state index contributed by atoms with van der Waals surface area (Å²) in [5, 5.41) is 0. The Morgan fingerprint density at radius 2 is 1.91 bits per heavy atom. The van der Waals surface area contributed by atoms with Crippen molar-refractivity contribution in [3.63, 3.8) is 0 Å². The predicted octanol–water partition coefficient (Wildman–Crippen LogP) is 0.826. The topological polar surface area (TPSA) is 27.7 Å². The van der Waals surface area contributed by atoms with Crippen molar-refractivity contribution in [1.29, 1.82) is 0 Å². The average molecular weight is 154 g/mol. The number of methoxy groups -OCH3 is 1. The number of hydrogen-bond donors (Lipinski definition) is 0. The summed E-state index contributed by atoms with van der Waals surface area (Å²) < 4.78 is 5.16. The van der Waals surface area contributed by atoms with Crippen LogP contribution in [0.15, 0.2) is 24.3 Å². The molecule has 0 N–H and O–H groups in total. The Morgan fingerprint density at radius 3 is 2.55 bits per heavy atom. The molecule has 0 unspecified atom stereocenters. The van der Waals surface area contributed by atoms with E-state index in [1.54, 1.807) is 7.11 Å². The lowest BCUT2D eigenvalue weighted by Crippen LogP contribution is -2.28. The molecule has 1 aliphatic carbocycles. The molecule has 0 saturated heterocycles. The highest BCUT2D eigenvalue weighted by Crippen LogP contribution is 2.19. The van der Waals surface area contributed by atoms with E-state index in [0.29, 0.717) is 0 Å². The van der Waals surface area contributed by atoms with Crippen molar-refractivity contribution in [3.05, 3.63) is 24.3 Å². The van der Waals surface area contributed by atoms with E-state index in [2.05, 4.69) is 0 Å². The van der Waals surface area contributed by atoms with Gasteiger partial charge in [-0.2, -0.15) is 0 Å². The van der Waals surface area contributed by atoms with Gasteiger partial charge in [0.2, 0.25) is 0 Å². The van der Waals surface area contributed by atoms with E-state index in [1.807, 2.05) is 24.3 Å². The normalized spacial score (nSPS) is 41.0. The molecule has 2 bridgehead atoms. The molecule has 3 nitrogen and oxygen atoms in total. The van der Waals surface area contributed by atoms with Crippen LogP contribution in [0.3, 0.4) is 0 Å². The molecule has 3 atom stereocenters.